The first-order chi connectivity index (χ1) is 18.3. The molecule has 202 valence electrons. The molecular weight excluding hydrogens is 525 g/mol. The molecule has 1 aliphatic carbocycles. The Morgan fingerprint density at radius 2 is 1.42 bits per heavy atom. The zero-order chi connectivity index (χ0) is 26.8. The summed E-state index contributed by atoms with van der Waals surface area (Å²) >= 11 is 13.4. The molecule has 1 atom stereocenters. The maximum atomic E-state index is 13.1. The molecule has 0 radical (unpaired) electrons. The fourth-order valence-electron chi connectivity index (χ4n) is 6.01. The smallest absolute Gasteiger partial charge is 0.407 e. The van der Waals surface area contributed by atoms with Crippen molar-refractivity contribution in [1.29, 1.82) is 0 Å². The van der Waals surface area contributed by atoms with Gasteiger partial charge in [-0.1, -0.05) is 54.6 Å². The molecule has 3 aliphatic rings. The maximum Gasteiger partial charge on any atom is 0.407 e. The third-order valence-electron chi connectivity index (χ3n) is 8.26. The molecule has 7 nitrogen and oxygen atoms in total. The van der Waals surface area contributed by atoms with Gasteiger partial charge in [0.2, 0.25) is 5.91 Å². The van der Waals surface area contributed by atoms with Crippen LogP contribution in [0.2, 0.25) is 10.0 Å². The van der Waals surface area contributed by atoms with Crippen LogP contribution in [-0.2, 0) is 11.2 Å². The Hall–Kier alpha value is -2.77. The molecule has 3 fully saturated rings. The summed E-state index contributed by atoms with van der Waals surface area (Å²) in [7, 11) is 0. The fraction of sp³-hybridized carbons (Fsp3) is 0.483. The van der Waals surface area contributed by atoms with E-state index < -0.39 is 6.09 Å². The Morgan fingerprint density at radius 1 is 0.816 bits per heavy atom. The standard InChI is InChI=1S/C29H33Cl2N3O4/c30-25-17-22(19-6-8-20(9-7-19)27(35)32-12-14-33(15-13-32)29(37)38)18-26(31)24(25)16-21-10-11-34(28(21)36)23-4-2-1-3-5-23/h6-9,17-18,21,23H,1-5,10-16H2,(H,37,38). The van der Waals surface area contributed by atoms with Gasteiger partial charge in [-0.3, -0.25) is 9.59 Å². The molecule has 1 unspecified atom stereocenters. The zero-order valence-corrected chi connectivity index (χ0v) is 22.9. The van der Waals surface area contributed by atoms with Crippen LogP contribution >= 0.6 is 23.2 Å². The summed E-state index contributed by atoms with van der Waals surface area (Å²) in [6, 6.07) is 11.4. The van der Waals surface area contributed by atoms with Crippen LogP contribution in [0.4, 0.5) is 4.79 Å². The number of rotatable bonds is 5. The van der Waals surface area contributed by atoms with Crippen molar-refractivity contribution >= 4 is 41.1 Å². The van der Waals surface area contributed by atoms with Crippen molar-refractivity contribution in [3.63, 3.8) is 0 Å². The fourth-order valence-corrected chi connectivity index (χ4v) is 6.65. The highest BCUT2D eigenvalue weighted by molar-refractivity contribution is 6.36. The van der Waals surface area contributed by atoms with Crippen LogP contribution in [0.25, 0.3) is 11.1 Å². The average Bonchev–Trinajstić information content (AvgIpc) is 3.30. The third-order valence-corrected chi connectivity index (χ3v) is 8.93. The number of carbonyl (C=O) groups is 3. The normalized spacial score (nSPS) is 20.7. The molecule has 2 saturated heterocycles. The molecular formula is C29H33Cl2N3O4. The highest BCUT2D eigenvalue weighted by atomic mass is 35.5. The van der Waals surface area contributed by atoms with Crippen LogP contribution in [0.5, 0.6) is 0 Å². The minimum absolute atomic E-state index is 0.0829. The highest BCUT2D eigenvalue weighted by Crippen LogP contribution is 2.36. The summed E-state index contributed by atoms with van der Waals surface area (Å²) in [6.45, 7) is 2.20. The van der Waals surface area contributed by atoms with E-state index in [0.717, 1.165) is 42.5 Å². The predicted molar refractivity (Wildman–Crippen MR) is 148 cm³/mol. The molecule has 0 bridgehead atoms. The Bertz CT molecular complexity index is 1180. The van der Waals surface area contributed by atoms with Crippen LogP contribution in [0.15, 0.2) is 36.4 Å². The van der Waals surface area contributed by atoms with Crippen LogP contribution in [0, 0.1) is 5.92 Å². The molecule has 0 spiro atoms. The maximum absolute atomic E-state index is 13.1. The lowest BCUT2D eigenvalue weighted by atomic mass is 9.93. The van der Waals surface area contributed by atoms with E-state index in [1.807, 2.05) is 24.3 Å². The van der Waals surface area contributed by atoms with Gasteiger partial charge < -0.3 is 19.8 Å². The van der Waals surface area contributed by atoms with Gasteiger partial charge in [-0.25, -0.2) is 4.79 Å². The van der Waals surface area contributed by atoms with E-state index in [-0.39, 0.29) is 17.7 Å². The van der Waals surface area contributed by atoms with Gasteiger partial charge in [0.05, 0.1) is 0 Å². The number of benzene rings is 2. The van der Waals surface area contributed by atoms with E-state index in [1.165, 1.54) is 24.2 Å². The van der Waals surface area contributed by atoms with E-state index in [0.29, 0.717) is 54.3 Å². The minimum Gasteiger partial charge on any atom is -0.465 e. The van der Waals surface area contributed by atoms with Gasteiger partial charge in [-0.15, -0.1) is 0 Å². The van der Waals surface area contributed by atoms with E-state index in [2.05, 4.69) is 4.90 Å². The molecule has 2 aliphatic heterocycles. The first-order valence-corrected chi connectivity index (χ1v) is 14.2. The Kier molecular flexibility index (Phi) is 8.15. The lowest BCUT2D eigenvalue weighted by molar-refractivity contribution is -0.133. The van der Waals surface area contributed by atoms with Crippen molar-refractivity contribution in [3.8, 4) is 11.1 Å². The second-order valence-electron chi connectivity index (χ2n) is 10.6. The van der Waals surface area contributed by atoms with Gasteiger partial charge in [-0.2, -0.15) is 0 Å². The third kappa shape index (κ3) is 5.64. The summed E-state index contributed by atoms with van der Waals surface area (Å²) in [6.07, 6.45) is 6.33. The largest absolute Gasteiger partial charge is 0.465 e. The van der Waals surface area contributed by atoms with E-state index >= 15 is 0 Å². The van der Waals surface area contributed by atoms with Crippen molar-refractivity contribution in [2.45, 2.75) is 51.0 Å². The first-order valence-electron chi connectivity index (χ1n) is 13.5. The number of hydrogen-bond donors (Lipinski definition) is 1. The van der Waals surface area contributed by atoms with Crippen molar-refractivity contribution in [2.75, 3.05) is 32.7 Å². The van der Waals surface area contributed by atoms with Crippen molar-refractivity contribution in [3.05, 3.63) is 57.6 Å². The van der Waals surface area contributed by atoms with Crippen molar-refractivity contribution in [2.24, 2.45) is 5.92 Å². The molecule has 1 saturated carbocycles. The van der Waals surface area contributed by atoms with Crippen LogP contribution in [-0.4, -0.2) is 76.5 Å². The summed E-state index contributed by atoms with van der Waals surface area (Å²) in [5, 5.41) is 10.2. The van der Waals surface area contributed by atoms with E-state index in [9.17, 15) is 14.4 Å². The highest BCUT2D eigenvalue weighted by Gasteiger charge is 2.36. The number of amides is 3. The summed E-state index contributed by atoms with van der Waals surface area (Å²) in [5.74, 6) is 0.0367. The van der Waals surface area contributed by atoms with Crippen molar-refractivity contribution < 1.29 is 19.5 Å². The molecule has 2 aromatic rings. The molecule has 38 heavy (non-hydrogen) atoms. The van der Waals surface area contributed by atoms with Crippen molar-refractivity contribution in [1.82, 2.24) is 14.7 Å². The topological polar surface area (TPSA) is 81.2 Å². The van der Waals surface area contributed by atoms with Gasteiger partial charge in [0.15, 0.2) is 0 Å². The molecule has 2 aromatic carbocycles. The Morgan fingerprint density at radius 3 is 2.03 bits per heavy atom. The average molecular weight is 559 g/mol. The van der Waals surface area contributed by atoms with E-state index in [4.69, 9.17) is 28.3 Å². The number of likely N-dealkylation sites (tertiary alicyclic amines) is 1. The number of nitrogens with zero attached hydrogens (tertiary/aromatic N) is 3. The number of carbonyl (C=O) groups excluding carboxylic acids is 2. The van der Waals surface area contributed by atoms with Gasteiger partial charge in [0.1, 0.15) is 0 Å². The Balaban J connectivity index is 1.24. The zero-order valence-electron chi connectivity index (χ0n) is 21.4. The van der Waals surface area contributed by atoms with E-state index in [1.54, 1.807) is 17.0 Å². The molecule has 9 heteroatoms. The van der Waals surface area contributed by atoms with Crippen LogP contribution < -0.4 is 0 Å². The second kappa shape index (κ2) is 11.5. The van der Waals surface area contributed by atoms with Gasteiger partial charge in [-0.05, 0) is 66.6 Å². The molecule has 1 N–H and O–H groups in total. The van der Waals surface area contributed by atoms with Gasteiger partial charge >= 0.3 is 6.09 Å². The monoisotopic (exact) mass is 557 g/mol. The lowest BCUT2D eigenvalue weighted by Crippen LogP contribution is -2.50. The number of carboxylic acid groups (broad SMARTS) is 1. The summed E-state index contributed by atoms with van der Waals surface area (Å²) in [5.41, 5.74) is 3.09. The quantitative estimate of drug-likeness (QED) is 0.502. The first kappa shape index (κ1) is 26.8. The van der Waals surface area contributed by atoms with Crippen LogP contribution in [0.3, 0.4) is 0 Å². The van der Waals surface area contributed by atoms with Gasteiger partial charge in [0.25, 0.3) is 5.91 Å². The minimum atomic E-state index is -0.957. The number of hydrogen-bond acceptors (Lipinski definition) is 3. The number of piperazine rings is 1. The molecule has 2 heterocycles. The lowest BCUT2D eigenvalue weighted by Gasteiger charge is -2.33. The molecule has 5 rings (SSSR count). The SMILES string of the molecule is O=C(O)N1CCN(C(=O)c2ccc(-c3cc(Cl)c(CC4CCN(C5CCCCC5)C4=O)c(Cl)c3)cc2)CC1. The van der Waals surface area contributed by atoms with Crippen LogP contribution in [0.1, 0.15) is 54.4 Å². The molecule has 0 aromatic heterocycles. The summed E-state index contributed by atoms with van der Waals surface area (Å²) in [4.78, 5) is 42.2. The Labute approximate surface area is 233 Å². The molecule has 3 amide bonds. The number of halogens is 2. The predicted octanol–water partition coefficient (Wildman–Crippen LogP) is 5.82. The summed E-state index contributed by atoms with van der Waals surface area (Å²) < 4.78 is 0. The van der Waals surface area contributed by atoms with Gasteiger partial charge in [0, 0.05) is 60.3 Å². The second-order valence-corrected chi connectivity index (χ2v) is 11.4.